The topological polar surface area (TPSA) is 90.7 Å². The number of benzene rings is 2. The van der Waals surface area contributed by atoms with Crippen LogP contribution in [0.15, 0.2) is 59.1 Å². The summed E-state index contributed by atoms with van der Waals surface area (Å²) >= 11 is 0. The number of esters is 1. The highest BCUT2D eigenvalue weighted by Gasteiger charge is 2.31. The minimum absolute atomic E-state index is 0.156. The van der Waals surface area contributed by atoms with Crippen LogP contribution in [0.3, 0.4) is 0 Å². The quantitative estimate of drug-likeness (QED) is 0.553. The van der Waals surface area contributed by atoms with E-state index in [1.54, 1.807) is 48.5 Å². The van der Waals surface area contributed by atoms with Crippen LogP contribution >= 0.6 is 0 Å². The van der Waals surface area contributed by atoms with Crippen LogP contribution in [0.25, 0.3) is 0 Å². The number of para-hydroxylation sites is 1. The number of amides is 1. The molecule has 0 saturated heterocycles. The van der Waals surface area contributed by atoms with Gasteiger partial charge in [0.05, 0.1) is 11.3 Å². The van der Waals surface area contributed by atoms with Gasteiger partial charge in [-0.05, 0) is 38.8 Å². The van der Waals surface area contributed by atoms with E-state index in [1.165, 1.54) is 0 Å². The Kier molecular flexibility index (Phi) is 6.02. The van der Waals surface area contributed by atoms with E-state index in [4.69, 9.17) is 14.0 Å². The zero-order valence-corrected chi connectivity index (χ0v) is 17.5. The van der Waals surface area contributed by atoms with Crippen LogP contribution in [0.4, 0.5) is 0 Å². The number of nitrogens with one attached hydrogen (secondary N) is 1. The van der Waals surface area contributed by atoms with E-state index >= 15 is 0 Å². The number of nitrogens with zero attached hydrogens (tertiary/aromatic N) is 1. The third-order valence-corrected chi connectivity index (χ3v) is 5.15. The molecule has 0 bridgehead atoms. The molecule has 0 unspecified atom stereocenters. The number of carbonyl (C=O) groups excluding carboxylic acids is 2. The predicted octanol–water partition coefficient (Wildman–Crippen LogP) is 4.05. The van der Waals surface area contributed by atoms with E-state index in [-0.39, 0.29) is 24.1 Å². The maximum Gasteiger partial charge on any atom is 0.343 e. The van der Waals surface area contributed by atoms with E-state index in [0.717, 1.165) is 24.1 Å². The van der Waals surface area contributed by atoms with Crippen molar-refractivity contribution in [2.75, 3.05) is 0 Å². The van der Waals surface area contributed by atoms with Gasteiger partial charge in [-0.25, -0.2) is 4.79 Å². The predicted molar refractivity (Wildman–Crippen MR) is 113 cm³/mol. The van der Waals surface area contributed by atoms with Crippen molar-refractivity contribution < 1.29 is 23.6 Å². The third kappa shape index (κ3) is 4.94. The molecule has 1 N–H and O–H groups in total. The number of aryl methyl sites for hydroxylation is 2. The second-order valence-corrected chi connectivity index (χ2v) is 7.57. The fraction of sp³-hybridized carbons (Fsp3) is 0.292. The van der Waals surface area contributed by atoms with Gasteiger partial charge in [-0.1, -0.05) is 47.6 Å². The molecule has 31 heavy (non-hydrogen) atoms. The van der Waals surface area contributed by atoms with Crippen molar-refractivity contribution >= 4 is 11.9 Å². The lowest BCUT2D eigenvalue weighted by Crippen LogP contribution is -2.33. The lowest BCUT2D eigenvalue weighted by atomic mass is 10.1. The van der Waals surface area contributed by atoms with Crippen LogP contribution in [0.1, 0.15) is 51.9 Å². The zero-order chi connectivity index (χ0) is 21.8. The van der Waals surface area contributed by atoms with Gasteiger partial charge in [0.15, 0.2) is 0 Å². The first-order valence-electron chi connectivity index (χ1n) is 10.2. The summed E-state index contributed by atoms with van der Waals surface area (Å²) in [5.74, 6) is 0.0747. The Hall–Kier alpha value is -3.61. The highest BCUT2D eigenvalue weighted by atomic mass is 16.6. The van der Waals surface area contributed by atoms with Crippen molar-refractivity contribution in [1.29, 1.82) is 0 Å². The molecular weight excluding hydrogens is 396 g/mol. The smallest absolute Gasteiger partial charge is 0.343 e. The van der Waals surface area contributed by atoms with Crippen molar-refractivity contribution in [2.45, 2.75) is 45.4 Å². The molecule has 2 aromatic carbocycles. The molecule has 1 saturated carbocycles. The van der Waals surface area contributed by atoms with Crippen molar-refractivity contribution in [3.8, 4) is 5.75 Å². The summed E-state index contributed by atoms with van der Waals surface area (Å²) in [6.07, 6.45) is 0.851. The number of hydrogen-bond donors (Lipinski definition) is 1. The maximum atomic E-state index is 13.0. The second kappa shape index (κ2) is 9.04. The maximum absolute atomic E-state index is 13.0. The van der Waals surface area contributed by atoms with Gasteiger partial charge in [0.25, 0.3) is 5.91 Å². The van der Waals surface area contributed by atoms with E-state index in [9.17, 15) is 9.59 Å². The Morgan fingerprint density at radius 3 is 2.48 bits per heavy atom. The minimum Gasteiger partial charge on any atom is -0.488 e. The van der Waals surface area contributed by atoms with Crippen molar-refractivity contribution in [2.24, 2.45) is 0 Å². The molecule has 7 heteroatoms. The highest BCUT2D eigenvalue weighted by molar-refractivity contribution is 5.95. The van der Waals surface area contributed by atoms with E-state index in [0.29, 0.717) is 17.1 Å². The van der Waals surface area contributed by atoms with Crippen molar-refractivity contribution in [1.82, 2.24) is 10.5 Å². The van der Waals surface area contributed by atoms with Gasteiger partial charge in [0, 0.05) is 11.6 Å². The van der Waals surface area contributed by atoms with Gasteiger partial charge >= 0.3 is 5.97 Å². The van der Waals surface area contributed by atoms with Crippen LogP contribution < -0.4 is 10.1 Å². The fourth-order valence-electron chi connectivity index (χ4n) is 3.19. The molecule has 1 aromatic heterocycles. The molecule has 1 aliphatic rings. The summed E-state index contributed by atoms with van der Waals surface area (Å²) in [5, 5.41) is 6.83. The molecule has 7 nitrogen and oxygen atoms in total. The van der Waals surface area contributed by atoms with Crippen molar-refractivity contribution in [3.63, 3.8) is 0 Å². The molecule has 0 radical (unpaired) electrons. The first-order chi connectivity index (χ1) is 15.0. The molecule has 1 fully saturated rings. The minimum atomic E-state index is -1.04. The normalized spacial score (nSPS) is 14.0. The molecule has 1 amide bonds. The van der Waals surface area contributed by atoms with Crippen LogP contribution in [-0.2, 0) is 16.1 Å². The van der Waals surface area contributed by atoms with Gasteiger partial charge in [-0.3, -0.25) is 4.79 Å². The summed E-state index contributed by atoms with van der Waals surface area (Å²) in [5.41, 5.74) is 2.42. The van der Waals surface area contributed by atoms with Crippen LogP contribution in [0.5, 0.6) is 5.75 Å². The Morgan fingerprint density at radius 2 is 1.81 bits per heavy atom. The van der Waals surface area contributed by atoms with E-state index in [1.807, 2.05) is 19.9 Å². The Morgan fingerprint density at radius 1 is 1.10 bits per heavy atom. The highest BCUT2D eigenvalue weighted by Crippen LogP contribution is 2.27. The monoisotopic (exact) mass is 420 g/mol. The van der Waals surface area contributed by atoms with Crippen molar-refractivity contribution in [3.05, 3.63) is 82.7 Å². The molecule has 1 heterocycles. The summed E-state index contributed by atoms with van der Waals surface area (Å²) in [4.78, 5) is 25.8. The first kappa shape index (κ1) is 20.7. The molecule has 0 aliphatic heterocycles. The fourth-order valence-corrected chi connectivity index (χ4v) is 3.19. The number of rotatable bonds is 8. The molecule has 4 rings (SSSR count). The van der Waals surface area contributed by atoms with E-state index < -0.39 is 12.1 Å². The van der Waals surface area contributed by atoms with Gasteiger partial charge < -0.3 is 19.3 Å². The average molecular weight is 420 g/mol. The Labute approximate surface area is 180 Å². The second-order valence-electron chi connectivity index (χ2n) is 7.57. The van der Waals surface area contributed by atoms with E-state index in [2.05, 4.69) is 10.5 Å². The largest absolute Gasteiger partial charge is 0.488 e. The average Bonchev–Trinajstić information content (AvgIpc) is 3.54. The van der Waals surface area contributed by atoms with Crippen LogP contribution in [0, 0.1) is 13.8 Å². The summed E-state index contributed by atoms with van der Waals surface area (Å²) < 4.78 is 16.7. The zero-order valence-electron chi connectivity index (χ0n) is 17.5. The Bertz CT molecular complexity index is 1050. The Balaban J connectivity index is 1.53. The molecule has 0 spiro atoms. The standard InChI is InChI=1S/C24H24N2O5/c1-15-20(16(2)31-26-15)14-29-21-11-7-6-10-19(21)24(28)30-22(17-8-4-3-5-9-17)23(27)25-18-12-13-18/h3-11,18,22H,12-14H2,1-2H3,(H,25,27)/t22-/m0/s1. The lowest BCUT2D eigenvalue weighted by Gasteiger charge is -2.19. The van der Waals surface area contributed by atoms with Crippen LogP contribution in [0.2, 0.25) is 0 Å². The molecule has 1 atom stereocenters. The van der Waals surface area contributed by atoms with Gasteiger partial charge in [-0.2, -0.15) is 0 Å². The summed E-state index contributed by atoms with van der Waals surface area (Å²) in [6, 6.07) is 16.0. The number of aromatic nitrogens is 1. The molecule has 3 aromatic rings. The first-order valence-corrected chi connectivity index (χ1v) is 10.2. The number of hydrogen-bond acceptors (Lipinski definition) is 6. The molecule has 160 valence electrons. The SMILES string of the molecule is Cc1noc(C)c1COc1ccccc1C(=O)O[C@H](C(=O)NC1CC1)c1ccccc1. The lowest BCUT2D eigenvalue weighted by molar-refractivity contribution is -0.130. The molecular formula is C24H24N2O5. The number of ether oxygens (including phenoxy) is 2. The van der Waals surface area contributed by atoms with Gasteiger partial charge in [0.1, 0.15) is 23.7 Å². The van der Waals surface area contributed by atoms with Gasteiger partial charge in [0.2, 0.25) is 6.10 Å². The van der Waals surface area contributed by atoms with Crippen LogP contribution in [-0.4, -0.2) is 23.1 Å². The summed E-state index contributed by atoms with van der Waals surface area (Å²) in [7, 11) is 0. The van der Waals surface area contributed by atoms with Gasteiger partial charge in [-0.15, -0.1) is 0 Å². The third-order valence-electron chi connectivity index (χ3n) is 5.15. The molecule has 1 aliphatic carbocycles. The number of carbonyl (C=O) groups is 2. The summed E-state index contributed by atoms with van der Waals surface area (Å²) in [6.45, 7) is 3.84.